The monoisotopic (exact) mass is 333 g/mol. The van der Waals surface area contributed by atoms with Gasteiger partial charge in [-0.1, -0.05) is 6.07 Å². The van der Waals surface area contributed by atoms with Crippen LogP contribution < -0.4 is 9.47 Å². The van der Waals surface area contributed by atoms with Gasteiger partial charge in [0.25, 0.3) is 5.91 Å². The number of piperidine rings is 1. The van der Waals surface area contributed by atoms with Crippen molar-refractivity contribution in [2.24, 2.45) is 0 Å². The van der Waals surface area contributed by atoms with Crippen LogP contribution in [0.5, 0.6) is 11.5 Å². The van der Waals surface area contributed by atoms with Gasteiger partial charge in [-0.2, -0.15) is 0 Å². The Morgan fingerprint density at radius 2 is 1.79 bits per heavy atom. The van der Waals surface area contributed by atoms with Gasteiger partial charge >= 0.3 is 5.97 Å². The maximum atomic E-state index is 11.9. The number of rotatable bonds is 6. The molecule has 0 spiro atoms. The first-order valence-electron chi connectivity index (χ1n) is 7.98. The van der Waals surface area contributed by atoms with E-state index >= 15 is 0 Å². The smallest absolute Gasteiger partial charge is 0.331 e. The quantitative estimate of drug-likeness (QED) is 0.590. The molecule has 6 nitrogen and oxygen atoms in total. The molecule has 0 saturated carbocycles. The zero-order chi connectivity index (χ0) is 17.4. The summed E-state index contributed by atoms with van der Waals surface area (Å²) in [6.45, 7) is 1.28. The Balaban J connectivity index is 1.85. The topological polar surface area (TPSA) is 65.1 Å². The zero-order valence-corrected chi connectivity index (χ0v) is 14.1. The predicted octanol–water partition coefficient (Wildman–Crippen LogP) is 2.27. The molecular weight excluding hydrogens is 310 g/mol. The molecule has 1 amide bonds. The molecule has 1 aliphatic heterocycles. The summed E-state index contributed by atoms with van der Waals surface area (Å²) in [4.78, 5) is 25.4. The SMILES string of the molecule is COc1ccc(/C=C/C(=O)OCC(=O)N2CCCCC2)cc1OC. The Labute approximate surface area is 142 Å². The van der Waals surface area contributed by atoms with Crippen LogP contribution in [0, 0.1) is 0 Å². The van der Waals surface area contributed by atoms with E-state index in [1.54, 1.807) is 43.4 Å². The van der Waals surface area contributed by atoms with Gasteiger partial charge in [0, 0.05) is 19.2 Å². The van der Waals surface area contributed by atoms with Crippen molar-refractivity contribution in [2.45, 2.75) is 19.3 Å². The first-order chi connectivity index (χ1) is 11.6. The van der Waals surface area contributed by atoms with Gasteiger partial charge in [0.2, 0.25) is 0 Å². The van der Waals surface area contributed by atoms with Gasteiger partial charge < -0.3 is 19.1 Å². The molecule has 1 aromatic rings. The number of methoxy groups -OCH3 is 2. The molecule has 1 aliphatic rings. The number of hydrogen-bond donors (Lipinski definition) is 0. The number of ether oxygens (including phenoxy) is 3. The number of carbonyl (C=O) groups excluding carboxylic acids is 2. The predicted molar refractivity (Wildman–Crippen MR) is 90.0 cm³/mol. The molecule has 1 aromatic carbocycles. The Morgan fingerprint density at radius 1 is 1.08 bits per heavy atom. The van der Waals surface area contributed by atoms with Gasteiger partial charge in [0.15, 0.2) is 18.1 Å². The van der Waals surface area contributed by atoms with Crippen molar-refractivity contribution < 1.29 is 23.8 Å². The van der Waals surface area contributed by atoms with E-state index in [2.05, 4.69) is 0 Å². The van der Waals surface area contributed by atoms with E-state index in [1.807, 2.05) is 0 Å². The van der Waals surface area contributed by atoms with E-state index in [1.165, 1.54) is 6.08 Å². The number of hydrogen-bond acceptors (Lipinski definition) is 5. The summed E-state index contributed by atoms with van der Waals surface area (Å²) in [6, 6.07) is 5.30. The van der Waals surface area contributed by atoms with Crippen molar-refractivity contribution in [3.63, 3.8) is 0 Å². The van der Waals surface area contributed by atoms with Crippen LogP contribution in [0.3, 0.4) is 0 Å². The number of likely N-dealkylation sites (tertiary alicyclic amines) is 1. The second-order valence-electron chi connectivity index (χ2n) is 5.50. The maximum absolute atomic E-state index is 11.9. The third-order valence-corrected chi connectivity index (χ3v) is 3.87. The lowest BCUT2D eigenvalue weighted by atomic mass is 10.1. The standard InChI is InChI=1S/C18H23NO5/c1-22-15-8-6-14(12-16(15)23-2)7-9-18(21)24-13-17(20)19-10-4-3-5-11-19/h6-9,12H,3-5,10-11,13H2,1-2H3/b9-7+. The van der Waals surface area contributed by atoms with Crippen molar-refractivity contribution in [1.82, 2.24) is 4.90 Å². The van der Waals surface area contributed by atoms with Crippen molar-refractivity contribution in [2.75, 3.05) is 33.9 Å². The van der Waals surface area contributed by atoms with Crippen LogP contribution in [-0.2, 0) is 14.3 Å². The fraction of sp³-hybridized carbons (Fsp3) is 0.444. The fourth-order valence-corrected chi connectivity index (χ4v) is 2.54. The average molecular weight is 333 g/mol. The molecule has 0 radical (unpaired) electrons. The van der Waals surface area contributed by atoms with Crippen molar-refractivity contribution in [3.05, 3.63) is 29.8 Å². The first kappa shape index (κ1) is 17.8. The lowest BCUT2D eigenvalue weighted by Crippen LogP contribution is -2.38. The van der Waals surface area contributed by atoms with E-state index in [9.17, 15) is 9.59 Å². The molecule has 0 bridgehead atoms. The lowest BCUT2D eigenvalue weighted by Gasteiger charge is -2.26. The zero-order valence-electron chi connectivity index (χ0n) is 14.1. The molecular formula is C18H23NO5. The molecule has 130 valence electrons. The Morgan fingerprint density at radius 3 is 2.46 bits per heavy atom. The van der Waals surface area contributed by atoms with E-state index in [4.69, 9.17) is 14.2 Å². The molecule has 1 heterocycles. The van der Waals surface area contributed by atoms with Gasteiger partial charge in [-0.05, 0) is 43.0 Å². The minimum Gasteiger partial charge on any atom is -0.493 e. The molecule has 0 aliphatic carbocycles. The molecule has 0 N–H and O–H groups in total. The fourth-order valence-electron chi connectivity index (χ4n) is 2.54. The first-order valence-corrected chi connectivity index (χ1v) is 7.98. The van der Waals surface area contributed by atoms with Crippen molar-refractivity contribution >= 4 is 18.0 Å². The molecule has 1 saturated heterocycles. The van der Waals surface area contributed by atoms with Crippen LogP contribution in [0.2, 0.25) is 0 Å². The highest BCUT2D eigenvalue weighted by atomic mass is 16.5. The summed E-state index contributed by atoms with van der Waals surface area (Å²) in [5.41, 5.74) is 0.770. The van der Waals surface area contributed by atoms with Gasteiger partial charge in [-0.3, -0.25) is 4.79 Å². The number of carbonyl (C=O) groups is 2. The van der Waals surface area contributed by atoms with E-state index in [-0.39, 0.29) is 12.5 Å². The van der Waals surface area contributed by atoms with E-state index in [0.29, 0.717) is 11.5 Å². The number of esters is 1. The van der Waals surface area contributed by atoms with E-state index < -0.39 is 5.97 Å². The minimum atomic E-state index is -0.546. The van der Waals surface area contributed by atoms with Crippen LogP contribution in [0.1, 0.15) is 24.8 Å². The molecule has 0 atom stereocenters. The molecule has 6 heteroatoms. The minimum absolute atomic E-state index is 0.137. The average Bonchev–Trinajstić information content (AvgIpc) is 2.64. The summed E-state index contributed by atoms with van der Waals surface area (Å²) in [5, 5.41) is 0. The van der Waals surface area contributed by atoms with Gasteiger partial charge in [0.1, 0.15) is 0 Å². The summed E-state index contributed by atoms with van der Waals surface area (Å²) in [5.74, 6) is 0.510. The number of amides is 1. The lowest BCUT2D eigenvalue weighted by molar-refractivity contribution is -0.148. The van der Waals surface area contributed by atoms with Gasteiger partial charge in [0.05, 0.1) is 14.2 Å². The summed E-state index contributed by atoms with van der Waals surface area (Å²) >= 11 is 0. The van der Waals surface area contributed by atoms with Crippen LogP contribution in [-0.4, -0.2) is 50.7 Å². The molecule has 2 rings (SSSR count). The molecule has 24 heavy (non-hydrogen) atoms. The Kier molecular flexibility index (Phi) is 6.66. The maximum Gasteiger partial charge on any atom is 0.331 e. The van der Waals surface area contributed by atoms with Gasteiger partial charge in [-0.25, -0.2) is 4.79 Å². The summed E-state index contributed by atoms with van der Waals surface area (Å²) < 4.78 is 15.4. The Hall–Kier alpha value is -2.50. The van der Waals surface area contributed by atoms with E-state index in [0.717, 1.165) is 37.9 Å². The van der Waals surface area contributed by atoms with Crippen molar-refractivity contribution in [1.29, 1.82) is 0 Å². The second-order valence-corrected chi connectivity index (χ2v) is 5.50. The van der Waals surface area contributed by atoms with Crippen LogP contribution in [0.25, 0.3) is 6.08 Å². The van der Waals surface area contributed by atoms with Gasteiger partial charge in [-0.15, -0.1) is 0 Å². The third-order valence-electron chi connectivity index (χ3n) is 3.87. The highest BCUT2D eigenvalue weighted by molar-refractivity contribution is 5.89. The highest BCUT2D eigenvalue weighted by Crippen LogP contribution is 2.27. The second kappa shape index (κ2) is 8.96. The normalized spacial score (nSPS) is 14.5. The number of benzene rings is 1. The van der Waals surface area contributed by atoms with Crippen LogP contribution in [0.4, 0.5) is 0 Å². The van der Waals surface area contributed by atoms with Crippen molar-refractivity contribution in [3.8, 4) is 11.5 Å². The summed E-state index contributed by atoms with van der Waals surface area (Å²) in [6.07, 6.45) is 6.08. The third kappa shape index (κ3) is 5.01. The van der Waals surface area contributed by atoms with Crippen LogP contribution >= 0.6 is 0 Å². The highest BCUT2D eigenvalue weighted by Gasteiger charge is 2.17. The Bertz CT molecular complexity index is 605. The van der Waals surface area contributed by atoms with Crippen LogP contribution in [0.15, 0.2) is 24.3 Å². The molecule has 0 aromatic heterocycles. The number of nitrogens with zero attached hydrogens (tertiary/aromatic N) is 1. The largest absolute Gasteiger partial charge is 0.493 e. The summed E-state index contributed by atoms with van der Waals surface area (Å²) in [7, 11) is 3.11. The molecule has 1 fully saturated rings. The molecule has 0 unspecified atom stereocenters.